The number of nitrogen functional groups attached to an aromatic ring is 1. The summed E-state index contributed by atoms with van der Waals surface area (Å²) in [5, 5.41) is 8.19. The minimum atomic E-state index is 0.00497. The van der Waals surface area contributed by atoms with E-state index in [1.807, 2.05) is 36.2 Å². The predicted octanol–water partition coefficient (Wildman–Crippen LogP) is 2.66. The topological polar surface area (TPSA) is 66.0 Å². The molecule has 2 aromatic rings. The number of rotatable bonds is 4. The largest absolute Gasteiger partial charge is 0.384 e. The van der Waals surface area contributed by atoms with Gasteiger partial charge in [-0.2, -0.15) is 0 Å². The summed E-state index contributed by atoms with van der Waals surface area (Å²) in [6.45, 7) is 0.642. The van der Waals surface area contributed by atoms with Gasteiger partial charge in [0, 0.05) is 29.5 Å². The first-order valence-corrected chi connectivity index (χ1v) is 6.20. The van der Waals surface area contributed by atoms with Crippen molar-refractivity contribution in [3.8, 4) is 0 Å². The van der Waals surface area contributed by atoms with E-state index in [9.17, 15) is 0 Å². The molecule has 0 atom stereocenters. The van der Waals surface area contributed by atoms with Crippen LogP contribution < -0.4 is 10.6 Å². The average molecular weight is 275 g/mol. The van der Waals surface area contributed by atoms with Crippen LogP contribution in [0.1, 0.15) is 11.3 Å². The number of benzene rings is 1. The average Bonchev–Trinajstić information content (AvgIpc) is 2.39. The normalized spacial score (nSPS) is 10.2. The van der Waals surface area contributed by atoms with Crippen LogP contribution in [0.3, 0.4) is 0 Å². The monoisotopic (exact) mass is 274 g/mol. The molecule has 5 heteroatoms. The van der Waals surface area contributed by atoms with Gasteiger partial charge in [0.15, 0.2) is 0 Å². The van der Waals surface area contributed by atoms with Crippen LogP contribution >= 0.6 is 11.6 Å². The lowest BCUT2D eigenvalue weighted by Gasteiger charge is -2.22. The first-order valence-electron chi connectivity index (χ1n) is 5.83. The highest BCUT2D eigenvalue weighted by Gasteiger charge is 2.11. The third-order valence-electron chi connectivity index (χ3n) is 2.79. The van der Waals surface area contributed by atoms with Crippen LogP contribution in [0, 0.1) is 5.41 Å². The first-order chi connectivity index (χ1) is 9.08. The van der Waals surface area contributed by atoms with E-state index in [0.717, 1.165) is 11.4 Å². The number of anilines is 1. The van der Waals surface area contributed by atoms with Crippen molar-refractivity contribution in [2.75, 3.05) is 11.9 Å². The molecule has 2 rings (SSSR count). The van der Waals surface area contributed by atoms with E-state index in [-0.39, 0.29) is 5.84 Å². The lowest BCUT2D eigenvalue weighted by molar-refractivity contribution is 0.884. The fourth-order valence-corrected chi connectivity index (χ4v) is 2.05. The van der Waals surface area contributed by atoms with Gasteiger partial charge in [0.1, 0.15) is 5.84 Å². The molecule has 1 heterocycles. The molecule has 0 amide bonds. The van der Waals surface area contributed by atoms with Crippen LogP contribution in [0.15, 0.2) is 42.6 Å². The minimum absolute atomic E-state index is 0.00497. The number of hydrogen-bond donors (Lipinski definition) is 2. The molecule has 0 aliphatic carbocycles. The van der Waals surface area contributed by atoms with Crippen LogP contribution in [0.4, 0.5) is 5.69 Å². The molecule has 98 valence electrons. The molecule has 0 aliphatic heterocycles. The van der Waals surface area contributed by atoms with Crippen LogP contribution in [0.5, 0.6) is 0 Å². The third kappa shape index (κ3) is 3.23. The summed E-state index contributed by atoms with van der Waals surface area (Å²) >= 11 is 5.94. The summed E-state index contributed by atoms with van der Waals surface area (Å²) in [5.74, 6) is 0.00497. The number of nitrogens with two attached hydrogens (primary N) is 1. The smallest absolute Gasteiger partial charge is 0.124 e. The maximum absolute atomic E-state index is 7.62. The zero-order chi connectivity index (χ0) is 13.8. The number of nitrogens with one attached hydrogen (secondary N) is 1. The Morgan fingerprint density at radius 2 is 2.16 bits per heavy atom. The molecule has 0 unspecified atom stereocenters. The number of halogens is 1. The van der Waals surface area contributed by atoms with Crippen molar-refractivity contribution in [1.29, 1.82) is 5.41 Å². The van der Waals surface area contributed by atoms with Crippen molar-refractivity contribution in [2.45, 2.75) is 6.54 Å². The van der Waals surface area contributed by atoms with Gasteiger partial charge in [0.2, 0.25) is 0 Å². The molecule has 19 heavy (non-hydrogen) atoms. The maximum atomic E-state index is 7.62. The van der Waals surface area contributed by atoms with Crippen molar-refractivity contribution < 1.29 is 0 Å². The van der Waals surface area contributed by atoms with Gasteiger partial charge in [-0.1, -0.05) is 17.7 Å². The lowest BCUT2D eigenvalue weighted by atomic mass is 10.1. The van der Waals surface area contributed by atoms with Gasteiger partial charge in [-0.3, -0.25) is 10.4 Å². The highest BCUT2D eigenvalue weighted by atomic mass is 35.5. The van der Waals surface area contributed by atoms with Crippen molar-refractivity contribution in [3.63, 3.8) is 0 Å². The van der Waals surface area contributed by atoms with Gasteiger partial charge in [0.25, 0.3) is 0 Å². The van der Waals surface area contributed by atoms with Crippen molar-refractivity contribution in [2.24, 2.45) is 5.73 Å². The zero-order valence-corrected chi connectivity index (χ0v) is 11.4. The standard InChI is InChI=1S/C14H15ClN4/c1-19(9-11-4-2-3-7-18-11)13-6-5-10(15)8-12(13)14(16)17/h2-8H,9H2,1H3,(H3,16,17). The molecular weight excluding hydrogens is 260 g/mol. The molecule has 0 saturated carbocycles. The van der Waals surface area contributed by atoms with E-state index in [0.29, 0.717) is 17.1 Å². The highest BCUT2D eigenvalue weighted by Crippen LogP contribution is 2.24. The van der Waals surface area contributed by atoms with Crippen molar-refractivity contribution >= 4 is 23.1 Å². The van der Waals surface area contributed by atoms with Crippen LogP contribution in [-0.4, -0.2) is 17.9 Å². The first kappa shape index (κ1) is 13.4. The molecule has 1 aromatic heterocycles. The molecular formula is C14H15ClN4. The molecule has 0 spiro atoms. The Morgan fingerprint density at radius 1 is 1.37 bits per heavy atom. The SMILES string of the molecule is CN(Cc1ccccn1)c1ccc(Cl)cc1C(=N)N. The Labute approximate surface area is 117 Å². The third-order valence-corrected chi connectivity index (χ3v) is 3.02. The van der Waals surface area contributed by atoms with Crippen molar-refractivity contribution in [1.82, 2.24) is 4.98 Å². The van der Waals surface area contributed by atoms with Crippen LogP contribution in [0.25, 0.3) is 0 Å². The van der Waals surface area contributed by atoms with Gasteiger partial charge in [0.05, 0.1) is 12.2 Å². The lowest BCUT2D eigenvalue weighted by Crippen LogP contribution is -2.22. The Kier molecular flexibility index (Phi) is 4.02. The molecule has 0 bridgehead atoms. The highest BCUT2D eigenvalue weighted by molar-refractivity contribution is 6.31. The van der Waals surface area contributed by atoms with Gasteiger partial charge in [-0.25, -0.2) is 0 Å². The molecule has 0 radical (unpaired) electrons. The van der Waals surface area contributed by atoms with Gasteiger partial charge in [-0.05, 0) is 30.3 Å². The van der Waals surface area contributed by atoms with E-state index < -0.39 is 0 Å². The second kappa shape index (κ2) is 5.71. The van der Waals surface area contributed by atoms with Crippen LogP contribution in [-0.2, 0) is 6.54 Å². The summed E-state index contributed by atoms with van der Waals surface area (Å²) in [6, 6.07) is 11.1. The summed E-state index contributed by atoms with van der Waals surface area (Å²) in [5.41, 5.74) is 8.04. The summed E-state index contributed by atoms with van der Waals surface area (Å²) in [6.07, 6.45) is 1.76. The van der Waals surface area contributed by atoms with Gasteiger partial charge in [-0.15, -0.1) is 0 Å². The summed E-state index contributed by atoms with van der Waals surface area (Å²) < 4.78 is 0. The Balaban J connectivity index is 2.28. The number of aromatic nitrogens is 1. The van der Waals surface area contributed by atoms with Gasteiger partial charge >= 0.3 is 0 Å². The predicted molar refractivity (Wildman–Crippen MR) is 78.8 cm³/mol. The number of amidine groups is 1. The molecule has 0 aliphatic rings. The number of hydrogen-bond acceptors (Lipinski definition) is 3. The zero-order valence-electron chi connectivity index (χ0n) is 10.6. The fourth-order valence-electron chi connectivity index (χ4n) is 1.88. The molecule has 4 nitrogen and oxygen atoms in total. The van der Waals surface area contributed by atoms with Crippen LogP contribution in [0.2, 0.25) is 5.02 Å². The van der Waals surface area contributed by atoms with E-state index in [4.69, 9.17) is 22.7 Å². The molecule has 1 aromatic carbocycles. The Hall–Kier alpha value is -2.07. The van der Waals surface area contributed by atoms with E-state index in [1.165, 1.54) is 0 Å². The second-order valence-electron chi connectivity index (χ2n) is 4.25. The van der Waals surface area contributed by atoms with Gasteiger partial charge < -0.3 is 10.6 Å². The molecule has 3 N–H and O–H groups in total. The Bertz CT molecular complexity index is 583. The quantitative estimate of drug-likeness (QED) is 0.665. The second-order valence-corrected chi connectivity index (χ2v) is 4.69. The van der Waals surface area contributed by atoms with E-state index >= 15 is 0 Å². The molecule has 0 saturated heterocycles. The number of nitrogens with zero attached hydrogens (tertiary/aromatic N) is 2. The summed E-state index contributed by atoms with van der Waals surface area (Å²) in [4.78, 5) is 6.28. The fraction of sp³-hybridized carbons (Fsp3) is 0.143. The number of pyridine rings is 1. The van der Waals surface area contributed by atoms with E-state index in [2.05, 4.69) is 4.98 Å². The molecule has 0 fully saturated rings. The maximum Gasteiger partial charge on any atom is 0.124 e. The van der Waals surface area contributed by atoms with E-state index in [1.54, 1.807) is 18.3 Å². The Morgan fingerprint density at radius 3 is 2.79 bits per heavy atom. The van der Waals surface area contributed by atoms with Crippen molar-refractivity contribution in [3.05, 3.63) is 58.9 Å². The summed E-state index contributed by atoms with van der Waals surface area (Å²) in [7, 11) is 1.93. The minimum Gasteiger partial charge on any atom is -0.384 e.